The SMILES string of the molecule is C=C/C=C\C1=C(C)c2ccccc2C12c1ccccc1-c1ccc(N(c3ccc(-c4ccc(-c5ccc6c(c5)oc5ccccc56)cc4)cc3)c3ccc4c5ccccc5c5ccccc5c4c3)cc12. The van der Waals surface area contributed by atoms with Crippen molar-refractivity contribution in [2.45, 2.75) is 12.3 Å². The highest BCUT2D eigenvalue weighted by Crippen LogP contribution is 2.63. The first-order chi connectivity index (χ1) is 34.6. The fourth-order valence-corrected chi connectivity index (χ4v) is 12.2. The molecule has 328 valence electrons. The van der Waals surface area contributed by atoms with Crippen LogP contribution in [0.4, 0.5) is 17.1 Å². The van der Waals surface area contributed by atoms with Gasteiger partial charge in [0.2, 0.25) is 0 Å². The number of para-hydroxylation sites is 1. The van der Waals surface area contributed by atoms with Gasteiger partial charge in [0.25, 0.3) is 0 Å². The van der Waals surface area contributed by atoms with Crippen molar-refractivity contribution in [1.29, 1.82) is 0 Å². The van der Waals surface area contributed by atoms with E-state index in [0.29, 0.717) is 0 Å². The molecule has 0 amide bonds. The molecule has 1 heterocycles. The van der Waals surface area contributed by atoms with E-state index in [1.807, 2.05) is 18.2 Å². The van der Waals surface area contributed by atoms with Crippen molar-refractivity contribution in [2.24, 2.45) is 0 Å². The summed E-state index contributed by atoms with van der Waals surface area (Å²) in [7, 11) is 0. The van der Waals surface area contributed by atoms with Crippen LogP contribution in [-0.4, -0.2) is 0 Å². The van der Waals surface area contributed by atoms with Gasteiger partial charge in [0.15, 0.2) is 0 Å². The number of benzene rings is 11. The minimum absolute atomic E-state index is 0.500. The lowest BCUT2D eigenvalue weighted by molar-refractivity contribution is 0.669. The molecule has 1 atom stereocenters. The van der Waals surface area contributed by atoms with Gasteiger partial charge in [-0.3, -0.25) is 0 Å². The van der Waals surface area contributed by atoms with E-state index >= 15 is 0 Å². The van der Waals surface area contributed by atoms with Crippen molar-refractivity contribution in [2.75, 3.05) is 4.90 Å². The second-order valence-electron chi connectivity index (χ2n) is 18.8. The van der Waals surface area contributed by atoms with Gasteiger partial charge in [0, 0.05) is 27.8 Å². The number of nitrogens with zero attached hydrogens (tertiary/aromatic N) is 1. The zero-order chi connectivity index (χ0) is 46.5. The zero-order valence-electron chi connectivity index (χ0n) is 38.7. The van der Waals surface area contributed by atoms with Gasteiger partial charge in [-0.2, -0.15) is 0 Å². The van der Waals surface area contributed by atoms with Crippen LogP contribution in [0, 0.1) is 0 Å². The van der Waals surface area contributed by atoms with Crippen molar-refractivity contribution in [3.63, 3.8) is 0 Å². The first-order valence-corrected chi connectivity index (χ1v) is 24.2. The van der Waals surface area contributed by atoms with Crippen LogP contribution < -0.4 is 4.90 Å². The number of fused-ring (bicyclic) bond motifs is 16. The molecule has 2 nitrogen and oxygen atoms in total. The van der Waals surface area contributed by atoms with Crippen LogP contribution >= 0.6 is 0 Å². The van der Waals surface area contributed by atoms with Gasteiger partial charge in [-0.25, -0.2) is 0 Å². The Labute approximate surface area is 407 Å². The second kappa shape index (κ2) is 15.5. The van der Waals surface area contributed by atoms with E-state index < -0.39 is 5.41 Å². The minimum Gasteiger partial charge on any atom is -0.456 e. The molecule has 0 aliphatic heterocycles. The Morgan fingerprint density at radius 3 is 1.56 bits per heavy atom. The predicted molar refractivity (Wildman–Crippen MR) is 295 cm³/mol. The fraction of sp³-hybridized carbons (Fsp3) is 0.0294. The summed E-state index contributed by atoms with van der Waals surface area (Å²) >= 11 is 0. The van der Waals surface area contributed by atoms with Crippen molar-refractivity contribution in [3.8, 4) is 33.4 Å². The van der Waals surface area contributed by atoms with Gasteiger partial charge in [0.05, 0.1) is 5.41 Å². The molecule has 2 heteroatoms. The van der Waals surface area contributed by atoms with E-state index in [0.717, 1.165) is 61.3 Å². The molecule has 0 N–H and O–H groups in total. The van der Waals surface area contributed by atoms with Crippen LogP contribution in [0.2, 0.25) is 0 Å². The molecule has 0 radical (unpaired) electrons. The lowest BCUT2D eigenvalue weighted by Crippen LogP contribution is -2.27. The number of furan rings is 1. The third-order valence-corrected chi connectivity index (χ3v) is 15.3. The average Bonchev–Trinajstić information content (AvgIpc) is 4.03. The molecular weight excluding hydrogens is 847 g/mol. The lowest BCUT2D eigenvalue weighted by Gasteiger charge is -2.33. The Balaban J connectivity index is 0.929. The molecule has 11 aromatic carbocycles. The van der Waals surface area contributed by atoms with E-state index in [-0.39, 0.29) is 0 Å². The molecule has 70 heavy (non-hydrogen) atoms. The monoisotopic (exact) mass is 891 g/mol. The van der Waals surface area contributed by atoms with Crippen molar-refractivity contribution in [3.05, 3.63) is 277 Å². The Kier molecular flexibility index (Phi) is 8.90. The molecule has 0 saturated heterocycles. The summed E-state index contributed by atoms with van der Waals surface area (Å²) in [6.45, 7) is 6.38. The molecule has 1 unspecified atom stereocenters. The molecule has 0 bridgehead atoms. The zero-order valence-corrected chi connectivity index (χ0v) is 38.7. The van der Waals surface area contributed by atoms with Gasteiger partial charge in [-0.15, -0.1) is 0 Å². The first-order valence-electron chi connectivity index (χ1n) is 24.2. The predicted octanol–water partition coefficient (Wildman–Crippen LogP) is 18.7. The Morgan fingerprint density at radius 2 is 0.857 bits per heavy atom. The fourth-order valence-electron chi connectivity index (χ4n) is 12.2. The number of anilines is 3. The molecule has 1 spiro atoms. The maximum Gasteiger partial charge on any atom is 0.136 e. The van der Waals surface area contributed by atoms with E-state index in [1.165, 1.54) is 76.8 Å². The number of hydrogen-bond acceptors (Lipinski definition) is 2. The summed E-state index contributed by atoms with van der Waals surface area (Å²) in [4.78, 5) is 2.46. The van der Waals surface area contributed by atoms with Crippen LogP contribution in [0.3, 0.4) is 0 Å². The van der Waals surface area contributed by atoms with Gasteiger partial charge >= 0.3 is 0 Å². The molecular formula is C68H45NO. The van der Waals surface area contributed by atoms with Crippen LogP contribution in [0.25, 0.3) is 93.2 Å². The molecule has 0 saturated carbocycles. The van der Waals surface area contributed by atoms with Crippen LogP contribution in [0.15, 0.2) is 259 Å². The van der Waals surface area contributed by atoms with Gasteiger partial charge < -0.3 is 9.32 Å². The highest BCUT2D eigenvalue weighted by atomic mass is 16.3. The number of allylic oxidation sites excluding steroid dienone is 5. The van der Waals surface area contributed by atoms with Crippen molar-refractivity contribution >= 4 is 76.9 Å². The summed E-state index contributed by atoms with van der Waals surface area (Å²) in [6.07, 6.45) is 6.29. The minimum atomic E-state index is -0.500. The van der Waals surface area contributed by atoms with Crippen molar-refractivity contribution in [1.82, 2.24) is 0 Å². The third kappa shape index (κ3) is 5.80. The largest absolute Gasteiger partial charge is 0.456 e. The van der Waals surface area contributed by atoms with Crippen molar-refractivity contribution < 1.29 is 4.42 Å². The van der Waals surface area contributed by atoms with E-state index in [2.05, 4.69) is 243 Å². The van der Waals surface area contributed by atoms with Gasteiger partial charge in [0.1, 0.15) is 11.2 Å². The lowest BCUT2D eigenvalue weighted by atomic mass is 9.69. The number of hydrogen-bond donors (Lipinski definition) is 0. The van der Waals surface area contributed by atoms with Crippen LogP contribution in [0.5, 0.6) is 0 Å². The first kappa shape index (κ1) is 40.1. The Hall–Kier alpha value is -8.98. The molecule has 2 aliphatic carbocycles. The molecule has 2 aliphatic rings. The Morgan fingerprint density at radius 1 is 0.386 bits per heavy atom. The average molecular weight is 892 g/mol. The molecule has 0 fully saturated rings. The second-order valence-corrected chi connectivity index (χ2v) is 18.8. The van der Waals surface area contributed by atoms with Gasteiger partial charge in [-0.05, 0) is 161 Å². The highest BCUT2D eigenvalue weighted by Gasteiger charge is 2.51. The standard InChI is InChI=1S/C68H45NO/c1-3-4-22-62-43(2)51-15-9-12-23-63(51)68(62)64-24-13-10-20-57(64)58-39-36-50(42-65(58)68)69(49-35-38-56-54-18-6-5-16-52(54)53-17-7-8-19-55(53)61(56)41-49)48-33-30-45(31-34-48)44-26-28-46(29-27-44)47-32-37-60-59-21-11-14-25-66(59)70-67(60)40-47/h3-42H,1H2,2H3/b22-4-. The summed E-state index contributed by atoms with van der Waals surface area (Å²) in [5, 5.41) is 9.82. The summed E-state index contributed by atoms with van der Waals surface area (Å²) in [5.74, 6) is 0. The quantitative estimate of drug-likeness (QED) is 0.117. The van der Waals surface area contributed by atoms with Crippen LogP contribution in [0.1, 0.15) is 29.2 Å². The maximum atomic E-state index is 6.24. The molecule has 12 aromatic rings. The van der Waals surface area contributed by atoms with Crippen LogP contribution in [-0.2, 0) is 5.41 Å². The van der Waals surface area contributed by atoms with E-state index in [1.54, 1.807) is 0 Å². The maximum absolute atomic E-state index is 6.24. The van der Waals surface area contributed by atoms with E-state index in [9.17, 15) is 0 Å². The number of rotatable bonds is 7. The smallest absolute Gasteiger partial charge is 0.136 e. The van der Waals surface area contributed by atoms with Gasteiger partial charge in [-0.1, -0.05) is 195 Å². The van der Waals surface area contributed by atoms with E-state index in [4.69, 9.17) is 4.42 Å². The normalized spacial score (nSPS) is 14.9. The molecule has 14 rings (SSSR count). The summed E-state index contributed by atoms with van der Waals surface area (Å²) < 4.78 is 6.24. The highest BCUT2D eigenvalue weighted by molar-refractivity contribution is 6.26. The molecule has 1 aromatic heterocycles. The topological polar surface area (TPSA) is 16.4 Å². The summed E-state index contributed by atoms with van der Waals surface area (Å²) in [5.41, 5.74) is 19.6. The Bertz CT molecular complexity index is 4170. The summed E-state index contributed by atoms with van der Waals surface area (Å²) in [6, 6.07) is 82.7. The third-order valence-electron chi connectivity index (χ3n) is 15.3.